The maximum Gasteiger partial charge on any atom is 0.257 e. The molecule has 2 aliphatic rings. The van der Waals surface area contributed by atoms with Crippen LogP contribution in [0.25, 0.3) is 0 Å². The summed E-state index contributed by atoms with van der Waals surface area (Å²) in [6.45, 7) is 4.17. The molecule has 1 aliphatic heterocycles. The minimum absolute atomic E-state index is 0.0650. The number of allylic oxidation sites excluding steroid dienone is 2. The molecule has 3 aromatic rings. The van der Waals surface area contributed by atoms with Gasteiger partial charge in [0.05, 0.1) is 5.56 Å². The summed E-state index contributed by atoms with van der Waals surface area (Å²) < 4.78 is 13.2. The van der Waals surface area contributed by atoms with Gasteiger partial charge in [-0.05, 0) is 47.2 Å². The standard InChI is InChI=1S/C28H29FN4O2S/c1-28(2)13-20-23(21(34)14-28)22(17-7-11-19(12-8-17)33(3)4)24-25(30-20)31-27(32-26(24)35)36-15-16-5-9-18(29)10-6-16/h5-12,22H,13-15H2,1-4H3,(H2,30,31,32,35). The number of ketones is 1. The zero-order chi connectivity index (χ0) is 25.6. The van der Waals surface area contributed by atoms with Crippen molar-refractivity contribution in [2.45, 2.75) is 43.5 Å². The fourth-order valence-electron chi connectivity index (χ4n) is 4.99. The molecule has 2 heterocycles. The molecular weight excluding hydrogens is 475 g/mol. The molecule has 1 unspecified atom stereocenters. The second-order valence-electron chi connectivity index (χ2n) is 10.4. The number of H-pyrrole nitrogens is 1. The lowest BCUT2D eigenvalue weighted by Crippen LogP contribution is -2.37. The lowest BCUT2D eigenvalue weighted by molar-refractivity contribution is -0.118. The monoisotopic (exact) mass is 504 g/mol. The zero-order valence-electron chi connectivity index (χ0n) is 20.8. The average molecular weight is 505 g/mol. The number of halogens is 1. The molecule has 1 aromatic heterocycles. The number of hydrogen-bond acceptors (Lipinski definition) is 6. The Morgan fingerprint density at radius 2 is 1.75 bits per heavy atom. The van der Waals surface area contributed by atoms with Crippen LogP contribution in [-0.4, -0.2) is 29.8 Å². The van der Waals surface area contributed by atoms with E-state index in [0.29, 0.717) is 40.7 Å². The van der Waals surface area contributed by atoms with Crippen molar-refractivity contribution in [1.82, 2.24) is 9.97 Å². The van der Waals surface area contributed by atoms with Crippen LogP contribution in [0.5, 0.6) is 0 Å². The van der Waals surface area contributed by atoms with Gasteiger partial charge in [0.15, 0.2) is 10.9 Å². The highest BCUT2D eigenvalue weighted by atomic mass is 32.2. The molecule has 6 nitrogen and oxygen atoms in total. The van der Waals surface area contributed by atoms with E-state index in [2.05, 4.69) is 24.1 Å². The molecule has 0 bridgehead atoms. The summed E-state index contributed by atoms with van der Waals surface area (Å²) in [5.41, 5.74) is 4.39. The largest absolute Gasteiger partial charge is 0.378 e. The highest BCUT2D eigenvalue weighted by Gasteiger charge is 2.42. The van der Waals surface area contributed by atoms with Gasteiger partial charge in [-0.2, -0.15) is 0 Å². The summed E-state index contributed by atoms with van der Waals surface area (Å²) in [7, 11) is 3.95. The van der Waals surface area contributed by atoms with Crippen molar-refractivity contribution < 1.29 is 9.18 Å². The number of benzene rings is 2. The Labute approximate surface area is 214 Å². The molecule has 2 N–H and O–H groups in total. The minimum Gasteiger partial charge on any atom is -0.378 e. The van der Waals surface area contributed by atoms with Gasteiger partial charge in [0.1, 0.15) is 11.6 Å². The molecule has 5 rings (SSSR count). The third-order valence-corrected chi connectivity index (χ3v) is 7.68. The first kappa shape index (κ1) is 24.3. The van der Waals surface area contributed by atoms with Gasteiger partial charge >= 0.3 is 0 Å². The molecule has 36 heavy (non-hydrogen) atoms. The Morgan fingerprint density at radius 3 is 2.42 bits per heavy atom. The van der Waals surface area contributed by atoms with E-state index < -0.39 is 5.92 Å². The maximum atomic E-state index is 13.5. The van der Waals surface area contributed by atoms with E-state index in [9.17, 15) is 14.0 Å². The van der Waals surface area contributed by atoms with Crippen LogP contribution in [0.3, 0.4) is 0 Å². The highest BCUT2D eigenvalue weighted by molar-refractivity contribution is 7.98. The van der Waals surface area contributed by atoms with E-state index in [1.54, 1.807) is 12.1 Å². The fourth-order valence-corrected chi connectivity index (χ4v) is 5.81. The van der Waals surface area contributed by atoms with Crippen LogP contribution >= 0.6 is 11.8 Å². The van der Waals surface area contributed by atoms with Gasteiger partial charge in [0, 0.05) is 49.1 Å². The summed E-state index contributed by atoms with van der Waals surface area (Å²) in [5.74, 6) is 0.327. The van der Waals surface area contributed by atoms with E-state index in [-0.39, 0.29) is 22.6 Å². The Balaban J connectivity index is 1.57. The van der Waals surface area contributed by atoms with E-state index in [1.807, 2.05) is 43.3 Å². The molecule has 186 valence electrons. The number of nitrogens with one attached hydrogen (secondary N) is 2. The van der Waals surface area contributed by atoms with Crippen molar-refractivity contribution in [2.24, 2.45) is 5.41 Å². The summed E-state index contributed by atoms with van der Waals surface area (Å²) in [6.07, 6.45) is 1.14. The molecule has 1 aliphatic carbocycles. The van der Waals surface area contributed by atoms with Crippen molar-refractivity contribution in [1.29, 1.82) is 0 Å². The van der Waals surface area contributed by atoms with Crippen molar-refractivity contribution in [3.8, 4) is 0 Å². The zero-order valence-corrected chi connectivity index (χ0v) is 21.6. The second-order valence-corrected chi connectivity index (χ2v) is 11.4. The number of fused-ring (bicyclic) bond motifs is 1. The number of hydrogen-bond donors (Lipinski definition) is 2. The van der Waals surface area contributed by atoms with E-state index in [1.165, 1.54) is 23.9 Å². The topological polar surface area (TPSA) is 78.1 Å². The molecule has 0 amide bonds. The fraction of sp³-hybridized carbons (Fsp3) is 0.321. The smallest absolute Gasteiger partial charge is 0.257 e. The Bertz CT molecular complexity index is 1410. The van der Waals surface area contributed by atoms with Gasteiger partial charge in [-0.15, -0.1) is 0 Å². The van der Waals surface area contributed by atoms with Crippen LogP contribution in [0.15, 0.2) is 69.8 Å². The van der Waals surface area contributed by atoms with Crippen LogP contribution in [-0.2, 0) is 10.5 Å². The number of rotatable bonds is 5. The van der Waals surface area contributed by atoms with Gasteiger partial charge < -0.3 is 15.2 Å². The number of Topliss-reactive ketones (excluding diaryl/α,β-unsaturated/α-hetero) is 1. The van der Waals surface area contributed by atoms with E-state index in [4.69, 9.17) is 4.98 Å². The normalized spacial score (nSPS) is 18.4. The average Bonchev–Trinajstić information content (AvgIpc) is 2.81. The minimum atomic E-state index is -0.483. The lowest BCUT2D eigenvalue weighted by Gasteiger charge is -2.38. The molecule has 0 spiro atoms. The molecular formula is C28H29FN4O2S. The summed E-state index contributed by atoms with van der Waals surface area (Å²) in [5, 5.41) is 3.83. The van der Waals surface area contributed by atoms with Gasteiger partial charge in [-0.1, -0.05) is 49.9 Å². The van der Waals surface area contributed by atoms with E-state index >= 15 is 0 Å². The highest BCUT2D eigenvalue weighted by Crippen LogP contribution is 2.47. The van der Waals surface area contributed by atoms with Crippen LogP contribution in [0.2, 0.25) is 0 Å². The third kappa shape index (κ3) is 4.69. The van der Waals surface area contributed by atoms with Crippen LogP contribution in [0.1, 0.15) is 49.3 Å². The third-order valence-electron chi connectivity index (χ3n) is 6.73. The van der Waals surface area contributed by atoms with Gasteiger partial charge in [0.2, 0.25) is 0 Å². The number of aromatic amines is 1. The molecule has 0 radical (unpaired) electrons. The molecule has 2 aromatic carbocycles. The van der Waals surface area contributed by atoms with E-state index in [0.717, 1.165) is 22.5 Å². The number of thioether (sulfide) groups is 1. The Morgan fingerprint density at radius 1 is 1.06 bits per heavy atom. The quantitative estimate of drug-likeness (QED) is 0.355. The van der Waals surface area contributed by atoms with Crippen LogP contribution in [0.4, 0.5) is 15.9 Å². The SMILES string of the molecule is CN(C)c1ccc(C2C3=C(CC(C)(C)CC3=O)Nc3nc(SCc4ccc(F)cc4)[nH]c(=O)c32)cc1. The number of aromatic nitrogens is 2. The molecule has 1 atom stereocenters. The Kier molecular flexibility index (Phi) is 6.24. The second kappa shape index (κ2) is 9.24. The maximum absolute atomic E-state index is 13.5. The summed E-state index contributed by atoms with van der Waals surface area (Å²) in [4.78, 5) is 36.6. The lowest BCUT2D eigenvalue weighted by atomic mass is 9.69. The van der Waals surface area contributed by atoms with Gasteiger partial charge in [-0.25, -0.2) is 9.37 Å². The van der Waals surface area contributed by atoms with Crippen molar-refractivity contribution >= 4 is 29.1 Å². The molecule has 0 fully saturated rings. The molecule has 0 saturated heterocycles. The van der Waals surface area contributed by atoms with Gasteiger partial charge in [0.25, 0.3) is 5.56 Å². The number of carbonyl (C=O) groups is 1. The summed E-state index contributed by atoms with van der Waals surface area (Å²) >= 11 is 1.38. The Hall–Kier alpha value is -3.39. The van der Waals surface area contributed by atoms with Crippen LogP contribution in [0, 0.1) is 11.2 Å². The van der Waals surface area contributed by atoms with Gasteiger partial charge in [-0.3, -0.25) is 9.59 Å². The first-order valence-corrected chi connectivity index (χ1v) is 12.9. The first-order valence-electron chi connectivity index (χ1n) is 11.9. The predicted molar refractivity (Wildman–Crippen MR) is 142 cm³/mol. The number of carbonyl (C=O) groups excluding carboxylic acids is 1. The number of anilines is 2. The molecule has 0 saturated carbocycles. The van der Waals surface area contributed by atoms with Crippen molar-refractivity contribution in [3.05, 3.63) is 92.7 Å². The first-order chi connectivity index (χ1) is 17.1. The van der Waals surface area contributed by atoms with Crippen molar-refractivity contribution in [2.75, 3.05) is 24.3 Å². The molecule has 8 heteroatoms. The van der Waals surface area contributed by atoms with Crippen LogP contribution < -0.4 is 15.8 Å². The summed E-state index contributed by atoms with van der Waals surface area (Å²) in [6, 6.07) is 14.3. The predicted octanol–water partition coefficient (Wildman–Crippen LogP) is 5.47. The van der Waals surface area contributed by atoms with Crippen molar-refractivity contribution in [3.63, 3.8) is 0 Å². The number of nitrogens with zero attached hydrogens (tertiary/aromatic N) is 2.